The molecule has 0 N–H and O–H groups in total. The van der Waals surface area contributed by atoms with E-state index in [2.05, 4.69) is 73.5 Å². The molecule has 1 unspecified atom stereocenters. The number of rotatable bonds is 8. The summed E-state index contributed by atoms with van der Waals surface area (Å²) in [7, 11) is -1.78. The second-order valence-corrected chi connectivity index (χ2v) is 14.3. The molecule has 23 heavy (non-hydrogen) atoms. The minimum Gasteiger partial charge on any atom is -0.408 e. The van der Waals surface area contributed by atoms with E-state index in [1.165, 1.54) is 57.8 Å². The standard InChI is InChI=1S/C20H39IOSi/c1-7-8-12-15-20(16-17-21,18-13-10-9-11-14-18)22-23(5,6)19(2,3)4/h16-18H,7-15H2,1-6H3/b17-16+. The Morgan fingerprint density at radius 3 is 2.17 bits per heavy atom. The van der Waals surface area contributed by atoms with Crippen LogP contribution in [-0.4, -0.2) is 13.9 Å². The molecule has 136 valence electrons. The van der Waals surface area contributed by atoms with Gasteiger partial charge in [0.2, 0.25) is 0 Å². The topological polar surface area (TPSA) is 9.23 Å². The first-order valence-corrected chi connectivity index (χ1v) is 13.8. The Labute approximate surface area is 160 Å². The molecule has 0 saturated heterocycles. The largest absolute Gasteiger partial charge is 0.408 e. The van der Waals surface area contributed by atoms with Crippen LogP contribution in [0.5, 0.6) is 0 Å². The minimum absolute atomic E-state index is 0.0141. The molecule has 0 bridgehead atoms. The summed E-state index contributed by atoms with van der Waals surface area (Å²) < 4.78 is 9.39. The van der Waals surface area contributed by atoms with Crippen molar-refractivity contribution < 1.29 is 4.43 Å². The Morgan fingerprint density at radius 2 is 1.70 bits per heavy atom. The van der Waals surface area contributed by atoms with Crippen molar-refractivity contribution >= 4 is 30.9 Å². The Morgan fingerprint density at radius 1 is 1.09 bits per heavy atom. The van der Waals surface area contributed by atoms with Crippen LogP contribution in [0.4, 0.5) is 0 Å². The van der Waals surface area contributed by atoms with Gasteiger partial charge in [0.15, 0.2) is 8.32 Å². The van der Waals surface area contributed by atoms with Gasteiger partial charge in [-0.25, -0.2) is 0 Å². The van der Waals surface area contributed by atoms with Crippen molar-refractivity contribution in [3.05, 3.63) is 10.2 Å². The Kier molecular flexibility index (Phi) is 8.84. The summed E-state index contributed by atoms with van der Waals surface area (Å²) in [5.41, 5.74) is -0.0141. The van der Waals surface area contributed by atoms with Crippen LogP contribution >= 0.6 is 22.6 Å². The van der Waals surface area contributed by atoms with E-state index in [-0.39, 0.29) is 10.6 Å². The zero-order valence-corrected chi connectivity index (χ0v) is 19.5. The first-order valence-electron chi connectivity index (χ1n) is 9.66. The molecule has 1 aliphatic rings. The molecule has 0 aromatic carbocycles. The third-order valence-corrected chi connectivity index (χ3v) is 10.9. The van der Waals surface area contributed by atoms with E-state index < -0.39 is 8.32 Å². The van der Waals surface area contributed by atoms with E-state index in [9.17, 15) is 0 Å². The maximum Gasteiger partial charge on any atom is 0.193 e. The highest BCUT2D eigenvalue weighted by molar-refractivity contribution is 14.1. The summed E-state index contributed by atoms with van der Waals surface area (Å²) >= 11 is 2.40. The predicted molar refractivity (Wildman–Crippen MR) is 115 cm³/mol. The average molecular weight is 451 g/mol. The minimum atomic E-state index is -1.78. The van der Waals surface area contributed by atoms with Crippen LogP contribution in [0, 0.1) is 5.92 Å². The second kappa shape index (κ2) is 9.37. The van der Waals surface area contributed by atoms with Gasteiger partial charge in [-0.15, -0.1) is 0 Å². The molecule has 0 radical (unpaired) electrons. The quantitative estimate of drug-likeness (QED) is 0.208. The normalized spacial score (nSPS) is 20.8. The highest BCUT2D eigenvalue weighted by Crippen LogP contribution is 2.46. The fourth-order valence-corrected chi connectivity index (χ4v) is 5.77. The van der Waals surface area contributed by atoms with Gasteiger partial charge in [-0.05, 0) is 53.5 Å². The fraction of sp³-hybridized carbons (Fsp3) is 0.900. The lowest BCUT2D eigenvalue weighted by Crippen LogP contribution is -2.52. The average Bonchev–Trinajstić information content (AvgIpc) is 2.47. The summed E-state index contributed by atoms with van der Waals surface area (Å²) in [4.78, 5) is 0. The lowest BCUT2D eigenvalue weighted by atomic mass is 9.74. The molecule has 0 aromatic heterocycles. The second-order valence-electron chi connectivity index (χ2n) is 8.90. The highest BCUT2D eigenvalue weighted by Gasteiger charge is 2.46. The molecule has 1 fully saturated rings. The van der Waals surface area contributed by atoms with Crippen molar-refractivity contribution in [3.8, 4) is 0 Å². The van der Waals surface area contributed by atoms with Gasteiger partial charge in [0, 0.05) is 0 Å². The lowest BCUT2D eigenvalue weighted by molar-refractivity contribution is 0.0130. The Hall–Kier alpha value is 0.647. The summed E-state index contributed by atoms with van der Waals surface area (Å²) in [5, 5.41) is 0.275. The number of halogens is 1. The number of unbranched alkanes of at least 4 members (excludes halogenated alkanes) is 2. The zero-order valence-electron chi connectivity index (χ0n) is 16.4. The van der Waals surface area contributed by atoms with Crippen molar-refractivity contribution in [1.82, 2.24) is 0 Å². The van der Waals surface area contributed by atoms with Crippen LogP contribution in [0.2, 0.25) is 18.1 Å². The molecule has 0 heterocycles. The van der Waals surface area contributed by atoms with Crippen molar-refractivity contribution in [2.45, 2.75) is 109 Å². The van der Waals surface area contributed by atoms with Gasteiger partial charge in [-0.2, -0.15) is 0 Å². The van der Waals surface area contributed by atoms with Crippen LogP contribution in [-0.2, 0) is 4.43 Å². The summed E-state index contributed by atoms with van der Waals surface area (Å²) in [6, 6.07) is 0. The molecule has 1 rings (SSSR count). The van der Waals surface area contributed by atoms with Crippen LogP contribution in [0.1, 0.15) is 85.5 Å². The molecule has 1 atom stereocenters. The molecular formula is C20H39IOSi. The SMILES string of the molecule is CCCCCC(/C=C/I)(O[Si](C)(C)C(C)(C)C)C1CCCCC1. The van der Waals surface area contributed by atoms with Gasteiger partial charge >= 0.3 is 0 Å². The zero-order chi connectivity index (χ0) is 17.6. The van der Waals surface area contributed by atoms with Gasteiger partial charge in [0.05, 0.1) is 5.60 Å². The van der Waals surface area contributed by atoms with Crippen LogP contribution in [0.25, 0.3) is 0 Å². The molecule has 1 saturated carbocycles. The molecule has 0 aliphatic heterocycles. The van der Waals surface area contributed by atoms with E-state index in [0.717, 1.165) is 0 Å². The monoisotopic (exact) mass is 450 g/mol. The Bertz CT molecular complexity index is 366. The Balaban J connectivity index is 3.09. The third-order valence-electron chi connectivity index (χ3n) is 6.06. The molecule has 3 heteroatoms. The van der Waals surface area contributed by atoms with Gasteiger partial charge < -0.3 is 4.43 Å². The highest BCUT2D eigenvalue weighted by atomic mass is 127. The third kappa shape index (κ3) is 6.14. The lowest BCUT2D eigenvalue weighted by Gasteiger charge is -2.49. The fourth-order valence-electron chi connectivity index (χ4n) is 3.57. The molecular weight excluding hydrogens is 411 g/mol. The van der Waals surface area contributed by atoms with Crippen LogP contribution in [0.3, 0.4) is 0 Å². The maximum atomic E-state index is 7.16. The van der Waals surface area contributed by atoms with Gasteiger partial charge in [-0.3, -0.25) is 0 Å². The van der Waals surface area contributed by atoms with Gasteiger partial charge in [0.25, 0.3) is 0 Å². The van der Waals surface area contributed by atoms with E-state index >= 15 is 0 Å². The maximum absolute atomic E-state index is 7.16. The van der Waals surface area contributed by atoms with Crippen molar-refractivity contribution in [1.29, 1.82) is 0 Å². The van der Waals surface area contributed by atoms with E-state index in [4.69, 9.17) is 4.43 Å². The van der Waals surface area contributed by atoms with Crippen LogP contribution < -0.4 is 0 Å². The smallest absolute Gasteiger partial charge is 0.193 e. The van der Waals surface area contributed by atoms with E-state index in [1.807, 2.05) is 0 Å². The number of hydrogen-bond acceptors (Lipinski definition) is 1. The molecule has 0 spiro atoms. The molecule has 1 nitrogen and oxygen atoms in total. The number of hydrogen-bond donors (Lipinski definition) is 0. The van der Waals surface area contributed by atoms with Crippen molar-refractivity contribution in [2.75, 3.05) is 0 Å². The summed E-state index contributed by atoms with van der Waals surface area (Å²) in [6.45, 7) is 14.2. The first kappa shape index (κ1) is 21.7. The predicted octanol–water partition coefficient (Wildman–Crippen LogP) is 7.86. The van der Waals surface area contributed by atoms with E-state index in [0.29, 0.717) is 5.92 Å². The molecule has 1 aliphatic carbocycles. The van der Waals surface area contributed by atoms with Crippen molar-refractivity contribution in [2.24, 2.45) is 5.92 Å². The summed E-state index contributed by atoms with van der Waals surface area (Å²) in [6.07, 6.45) is 14.4. The van der Waals surface area contributed by atoms with Gasteiger partial charge in [0.1, 0.15) is 0 Å². The molecule has 0 amide bonds. The van der Waals surface area contributed by atoms with E-state index in [1.54, 1.807) is 0 Å². The molecule has 0 aromatic rings. The van der Waals surface area contributed by atoms with Crippen molar-refractivity contribution in [3.63, 3.8) is 0 Å². The van der Waals surface area contributed by atoms with Gasteiger partial charge in [-0.1, -0.05) is 88.8 Å². The summed E-state index contributed by atoms with van der Waals surface area (Å²) in [5.74, 6) is 0.716. The van der Waals surface area contributed by atoms with Crippen LogP contribution in [0.15, 0.2) is 10.2 Å². The first-order chi connectivity index (χ1) is 10.7.